The topological polar surface area (TPSA) is 167 Å². The Kier molecular flexibility index (Phi) is 7.53. The van der Waals surface area contributed by atoms with Crippen LogP contribution in [0.15, 0.2) is 17.2 Å². The molecule has 1 aliphatic heterocycles. The number of nitrogens with zero attached hydrogens (tertiary/aromatic N) is 2. The average Bonchev–Trinajstić information content (AvgIpc) is 3.03. The number of hydrogen-bond acceptors (Lipinski definition) is 9. The number of rotatable bonds is 8. The second kappa shape index (κ2) is 9.47. The summed E-state index contributed by atoms with van der Waals surface area (Å²) in [5.74, 6) is -1.03. The van der Waals surface area contributed by atoms with Crippen molar-refractivity contribution in [2.45, 2.75) is 82.4 Å². The quantitative estimate of drug-likeness (QED) is 0.256. The van der Waals surface area contributed by atoms with E-state index in [1.165, 1.54) is 20.0 Å². The number of pyridine rings is 1. The number of ether oxygens (including phenoxy) is 1. The zero-order valence-electron chi connectivity index (χ0n) is 19.1. The van der Waals surface area contributed by atoms with Crippen LogP contribution in [0.5, 0.6) is 0 Å². The predicted molar refractivity (Wildman–Crippen MR) is 122 cm³/mol. The van der Waals surface area contributed by atoms with E-state index in [0.717, 1.165) is 10.8 Å². The third kappa shape index (κ3) is 4.89. The van der Waals surface area contributed by atoms with Crippen LogP contribution in [0.1, 0.15) is 53.2 Å². The highest BCUT2D eigenvalue weighted by molar-refractivity contribution is 7.71. The highest BCUT2D eigenvalue weighted by Crippen LogP contribution is 2.59. The molecule has 0 radical (unpaired) electrons. The van der Waals surface area contributed by atoms with Crippen molar-refractivity contribution in [3.63, 3.8) is 0 Å². The van der Waals surface area contributed by atoms with E-state index in [-0.39, 0.29) is 35.1 Å². The molecule has 0 aromatic carbocycles. The van der Waals surface area contributed by atoms with Crippen LogP contribution in [0.3, 0.4) is 0 Å². The molecule has 190 valence electrons. The minimum Gasteiger partial charge on any atom is -0.388 e. The van der Waals surface area contributed by atoms with Crippen LogP contribution in [0.2, 0.25) is 0 Å². The Morgan fingerprint density at radius 2 is 1.97 bits per heavy atom. The number of nitrogens with one attached hydrogen (secondary N) is 1. The Labute approximate surface area is 199 Å². The van der Waals surface area contributed by atoms with Gasteiger partial charge in [0.1, 0.15) is 17.9 Å². The maximum absolute atomic E-state index is 13.7. The molecule has 0 bridgehead atoms. The molecule has 0 saturated carbocycles. The van der Waals surface area contributed by atoms with E-state index in [4.69, 9.17) is 21.5 Å². The van der Waals surface area contributed by atoms with Gasteiger partial charge in [0.2, 0.25) is 10.2 Å². The second-order valence-electron chi connectivity index (χ2n) is 8.89. The van der Waals surface area contributed by atoms with Crippen molar-refractivity contribution in [2.75, 3.05) is 0 Å². The zero-order chi connectivity index (χ0) is 25.6. The van der Waals surface area contributed by atoms with Gasteiger partial charge in [0.05, 0.1) is 17.1 Å². The van der Waals surface area contributed by atoms with Gasteiger partial charge in [-0.15, -0.1) is 0 Å². The van der Waals surface area contributed by atoms with Gasteiger partial charge in [-0.3, -0.25) is 13.9 Å². The summed E-state index contributed by atoms with van der Waals surface area (Å²) in [5.41, 5.74) is -2.19. The number of aromatic nitrogens is 3. The molecule has 1 fully saturated rings. The standard InChI is InChI=1S/C20H29FN3O8PS/c1-5-19(3,32-33(29,30)20(4,28)6-2)7-12-14(26)15(27)17(31-12)24-9-10-13(25)11(21)8-22-16(10)23-18(24)34/h8-9,12,14-15,17,26-28H,5-7H2,1-4H3,(H,29,30)(H,22,23,34)/t12-,14?,15+,17-,19?,20?/m1/s1. The van der Waals surface area contributed by atoms with Gasteiger partial charge in [-0.2, -0.15) is 0 Å². The number of halogens is 1. The smallest absolute Gasteiger partial charge is 0.359 e. The van der Waals surface area contributed by atoms with Crippen molar-refractivity contribution < 1.29 is 38.4 Å². The van der Waals surface area contributed by atoms with Crippen LogP contribution in [0.4, 0.5) is 4.39 Å². The van der Waals surface area contributed by atoms with Gasteiger partial charge in [0.15, 0.2) is 17.4 Å². The van der Waals surface area contributed by atoms with Crippen LogP contribution in [-0.2, 0) is 13.8 Å². The largest absolute Gasteiger partial charge is 0.388 e. The lowest BCUT2D eigenvalue weighted by molar-refractivity contribution is -0.0707. The molecule has 14 heteroatoms. The third-order valence-electron chi connectivity index (χ3n) is 6.36. The van der Waals surface area contributed by atoms with Crippen molar-refractivity contribution in [1.82, 2.24) is 14.5 Å². The number of aliphatic hydroxyl groups excluding tert-OH is 2. The average molecular weight is 522 g/mol. The summed E-state index contributed by atoms with van der Waals surface area (Å²) in [5, 5.41) is 29.5. The fraction of sp³-hybridized carbons (Fsp3) is 0.650. The lowest BCUT2D eigenvalue weighted by Gasteiger charge is -2.37. The molecule has 4 unspecified atom stereocenters. The molecule has 5 N–H and O–H groups in total. The van der Waals surface area contributed by atoms with Crippen molar-refractivity contribution >= 4 is 30.8 Å². The van der Waals surface area contributed by atoms with Crippen molar-refractivity contribution in [3.8, 4) is 0 Å². The first-order valence-electron chi connectivity index (χ1n) is 10.7. The van der Waals surface area contributed by atoms with E-state index < -0.39 is 54.3 Å². The first kappa shape index (κ1) is 27.0. The number of H-pyrrole nitrogens is 1. The number of hydrogen-bond donors (Lipinski definition) is 5. The van der Waals surface area contributed by atoms with Crippen LogP contribution in [0, 0.1) is 10.6 Å². The van der Waals surface area contributed by atoms with Crippen molar-refractivity contribution in [1.29, 1.82) is 0 Å². The molecule has 1 saturated heterocycles. The fourth-order valence-corrected chi connectivity index (χ4v) is 5.29. The van der Waals surface area contributed by atoms with Crippen LogP contribution in [-0.4, -0.2) is 64.0 Å². The fourth-order valence-electron chi connectivity index (χ4n) is 3.65. The molecule has 0 amide bonds. The maximum Gasteiger partial charge on any atom is 0.359 e. The van der Waals surface area contributed by atoms with Gasteiger partial charge < -0.3 is 34.5 Å². The Hall–Kier alpha value is -1.57. The maximum atomic E-state index is 13.7. The van der Waals surface area contributed by atoms with E-state index in [0.29, 0.717) is 0 Å². The summed E-state index contributed by atoms with van der Waals surface area (Å²) in [6.45, 7) is 5.96. The van der Waals surface area contributed by atoms with E-state index in [1.54, 1.807) is 13.8 Å². The van der Waals surface area contributed by atoms with Gasteiger partial charge in [-0.25, -0.2) is 9.37 Å². The summed E-state index contributed by atoms with van der Waals surface area (Å²) >= 11 is 5.22. The second-order valence-corrected chi connectivity index (χ2v) is 11.4. The molecular weight excluding hydrogens is 492 g/mol. The third-order valence-corrected chi connectivity index (χ3v) is 8.89. The van der Waals surface area contributed by atoms with Gasteiger partial charge in [-0.1, -0.05) is 13.8 Å². The first-order chi connectivity index (χ1) is 15.7. The minimum atomic E-state index is -4.49. The Bertz CT molecular complexity index is 1240. The highest BCUT2D eigenvalue weighted by atomic mass is 32.1. The summed E-state index contributed by atoms with van der Waals surface area (Å²) in [6.07, 6.45) is -3.19. The van der Waals surface area contributed by atoms with Crippen LogP contribution in [0.25, 0.3) is 11.0 Å². The number of aliphatic hydroxyl groups is 3. The molecule has 2 aromatic heterocycles. The minimum absolute atomic E-state index is 0.0309. The first-order valence-corrected chi connectivity index (χ1v) is 12.7. The molecule has 34 heavy (non-hydrogen) atoms. The Morgan fingerprint density at radius 3 is 2.56 bits per heavy atom. The molecule has 3 rings (SSSR count). The van der Waals surface area contributed by atoms with Gasteiger partial charge in [0, 0.05) is 18.8 Å². The van der Waals surface area contributed by atoms with Crippen LogP contribution >= 0.6 is 19.8 Å². The van der Waals surface area contributed by atoms with Crippen LogP contribution < -0.4 is 5.43 Å². The Balaban J connectivity index is 1.91. The van der Waals surface area contributed by atoms with E-state index in [9.17, 15) is 34.0 Å². The molecule has 11 nitrogen and oxygen atoms in total. The molecule has 2 aromatic rings. The molecule has 0 spiro atoms. The van der Waals surface area contributed by atoms with E-state index in [2.05, 4.69) is 9.97 Å². The van der Waals surface area contributed by atoms with Crippen molar-refractivity contribution in [3.05, 3.63) is 33.2 Å². The highest BCUT2D eigenvalue weighted by Gasteiger charge is 2.50. The molecule has 7 atom stereocenters. The van der Waals surface area contributed by atoms with Crippen molar-refractivity contribution in [2.24, 2.45) is 0 Å². The number of aromatic amines is 1. The molecule has 3 heterocycles. The van der Waals surface area contributed by atoms with Gasteiger partial charge in [-0.05, 0) is 38.9 Å². The zero-order valence-corrected chi connectivity index (χ0v) is 20.8. The predicted octanol–water partition coefficient (Wildman–Crippen LogP) is 2.09. The number of fused-ring (bicyclic) bond motifs is 1. The lowest BCUT2D eigenvalue weighted by Crippen LogP contribution is -2.40. The monoisotopic (exact) mass is 521 g/mol. The molecule has 1 aliphatic rings. The molecule has 0 aliphatic carbocycles. The summed E-state index contributed by atoms with van der Waals surface area (Å²) < 4.78 is 38.8. The van der Waals surface area contributed by atoms with Gasteiger partial charge in [0.25, 0.3) is 0 Å². The van der Waals surface area contributed by atoms with E-state index >= 15 is 0 Å². The summed E-state index contributed by atoms with van der Waals surface area (Å²) in [7, 11) is -4.49. The van der Waals surface area contributed by atoms with E-state index in [1.807, 2.05) is 0 Å². The SMILES string of the molecule is CCC(C)(C[C@H]1O[C@@H](n2cc3c(=O)c(F)c[nH]c3nc2=S)[C@@H](O)C1O)OP(=O)(O)C(C)(O)CC. The van der Waals surface area contributed by atoms with Gasteiger partial charge >= 0.3 is 7.60 Å². The summed E-state index contributed by atoms with van der Waals surface area (Å²) in [6, 6.07) is 0. The Morgan fingerprint density at radius 1 is 1.32 bits per heavy atom. The summed E-state index contributed by atoms with van der Waals surface area (Å²) in [4.78, 5) is 29.1. The molecular formula is C20H29FN3O8PS. The normalized spacial score (nSPS) is 28.4. The lowest BCUT2D eigenvalue weighted by atomic mass is 9.93.